The lowest BCUT2D eigenvalue weighted by molar-refractivity contribution is -0.105. The summed E-state index contributed by atoms with van der Waals surface area (Å²) >= 11 is 0. The minimum atomic E-state index is 0.631. The van der Waals surface area contributed by atoms with Crippen LogP contribution >= 0.6 is 0 Å². The zero-order chi connectivity index (χ0) is 13.1. The van der Waals surface area contributed by atoms with E-state index in [1.165, 1.54) is 6.33 Å². The van der Waals surface area contributed by atoms with Gasteiger partial charge in [0.05, 0.1) is 17.4 Å². The first-order chi connectivity index (χ1) is 9.38. The molecule has 19 heavy (non-hydrogen) atoms. The minimum absolute atomic E-state index is 0.631. The summed E-state index contributed by atoms with van der Waals surface area (Å²) in [6, 6.07) is 7.73. The number of nitrogens with zero attached hydrogens (tertiary/aromatic N) is 3. The number of hydrogen-bond acceptors (Lipinski definition) is 4. The molecule has 1 amide bonds. The molecule has 1 N–H and O–H groups in total. The Morgan fingerprint density at radius 2 is 2.05 bits per heavy atom. The van der Waals surface area contributed by atoms with E-state index in [2.05, 4.69) is 20.3 Å². The maximum Gasteiger partial charge on any atom is 0.211 e. The number of nitrogens with one attached hydrogen (secondary N) is 1. The molecule has 0 fully saturated rings. The lowest BCUT2D eigenvalue weighted by atomic mass is 10.0. The second-order valence-corrected chi connectivity index (χ2v) is 3.99. The van der Waals surface area contributed by atoms with Crippen LogP contribution in [0.5, 0.6) is 0 Å². The Hall–Kier alpha value is -2.82. The molecule has 2 heterocycles. The molecular formula is C14H10N4O. The number of amides is 1. The van der Waals surface area contributed by atoms with Crippen LogP contribution in [0.4, 0.5) is 5.69 Å². The van der Waals surface area contributed by atoms with Crippen molar-refractivity contribution in [2.75, 3.05) is 5.32 Å². The molecule has 0 radical (unpaired) electrons. The molecule has 0 aliphatic carbocycles. The van der Waals surface area contributed by atoms with E-state index < -0.39 is 0 Å². The topological polar surface area (TPSA) is 67.8 Å². The molecule has 3 rings (SSSR count). The average molecular weight is 250 g/mol. The van der Waals surface area contributed by atoms with Gasteiger partial charge in [-0.25, -0.2) is 9.97 Å². The van der Waals surface area contributed by atoms with Gasteiger partial charge in [-0.2, -0.15) is 0 Å². The van der Waals surface area contributed by atoms with Crippen LogP contribution in [0.15, 0.2) is 49.2 Å². The van der Waals surface area contributed by atoms with Gasteiger partial charge >= 0.3 is 0 Å². The van der Waals surface area contributed by atoms with Gasteiger partial charge in [-0.3, -0.25) is 9.78 Å². The van der Waals surface area contributed by atoms with E-state index in [0.717, 1.165) is 22.0 Å². The Morgan fingerprint density at radius 1 is 1.11 bits per heavy atom. The number of fused-ring (bicyclic) bond motifs is 1. The van der Waals surface area contributed by atoms with Crippen molar-refractivity contribution >= 4 is 23.0 Å². The first kappa shape index (κ1) is 11.3. The van der Waals surface area contributed by atoms with Gasteiger partial charge in [0.1, 0.15) is 6.33 Å². The highest BCUT2D eigenvalue weighted by atomic mass is 16.1. The average Bonchev–Trinajstić information content (AvgIpc) is 2.47. The van der Waals surface area contributed by atoms with Crippen molar-refractivity contribution < 1.29 is 4.79 Å². The zero-order valence-corrected chi connectivity index (χ0v) is 9.95. The fourth-order valence-corrected chi connectivity index (χ4v) is 1.98. The third-order valence-corrected chi connectivity index (χ3v) is 2.81. The number of aromatic nitrogens is 3. The molecule has 0 saturated heterocycles. The Balaban J connectivity index is 2.18. The third-order valence-electron chi connectivity index (χ3n) is 2.81. The highest BCUT2D eigenvalue weighted by Crippen LogP contribution is 2.27. The van der Waals surface area contributed by atoms with Crippen molar-refractivity contribution in [1.29, 1.82) is 0 Å². The molecule has 0 atom stereocenters. The summed E-state index contributed by atoms with van der Waals surface area (Å²) in [7, 11) is 0. The summed E-state index contributed by atoms with van der Waals surface area (Å²) < 4.78 is 0. The van der Waals surface area contributed by atoms with E-state index in [1.807, 2.05) is 24.3 Å². The summed E-state index contributed by atoms with van der Waals surface area (Å²) in [4.78, 5) is 22.9. The van der Waals surface area contributed by atoms with Crippen molar-refractivity contribution in [2.45, 2.75) is 0 Å². The van der Waals surface area contributed by atoms with Crippen LogP contribution in [0.25, 0.3) is 22.0 Å². The maximum absolute atomic E-state index is 10.5. The summed E-state index contributed by atoms with van der Waals surface area (Å²) in [5, 5.41) is 3.56. The van der Waals surface area contributed by atoms with Gasteiger partial charge in [-0.1, -0.05) is 18.2 Å². The van der Waals surface area contributed by atoms with Crippen LogP contribution in [0.2, 0.25) is 0 Å². The Bertz CT molecular complexity index is 737. The predicted molar refractivity (Wildman–Crippen MR) is 72.5 cm³/mol. The van der Waals surface area contributed by atoms with Crippen LogP contribution in [0, 0.1) is 0 Å². The molecule has 1 aromatic carbocycles. The smallest absolute Gasteiger partial charge is 0.211 e. The van der Waals surface area contributed by atoms with Gasteiger partial charge < -0.3 is 5.32 Å². The lowest BCUT2D eigenvalue weighted by Crippen LogP contribution is -1.95. The summed E-state index contributed by atoms with van der Waals surface area (Å²) in [6.07, 6.45) is 7.26. The van der Waals surface area contributed by atoms with Crippen LogP contribution in [0.1, 0.15) is 0 Å². The van der Waals surface area contributed by atoms with Crippen LogP contribution in [-0.4, -0.2) is 21.4 Å². The molecule has 0 aliphatic heterocycles. The normalized spacial score (nSPS) is 10.3. The number of hydrogen-bond donors (Lipinski definition) is 1. The van der Waals surface area contributed by atoms with Crippen molar-refractivity contribution in [3.8, 4) is 11.1 Å². The maximum atomic E-state index is 10.5. The SMILES string of the molecule is O=CNc1cncc(-c2cccc3cncnc23)c1. The van der Waals surface area contributed by atoms with Crippen molar-refractivity contribution in [3.63, 3.8) is 0 Å². The largest absolute Gasteiger partial charge is 0.327 e. The fraction of sp³-hybridized carbons (Fsp3) is 0. The van der Waals surface area contributed by atoms with E-state index in [1.54, 1.807) is 18.6 Å². The summed E-state index contributed by atoms with van der Waals surface area (Å²) in [6.45, 7) is 0. The second-order valence-electron chi connectivity index (χ2n) is 3.99. The number of rotatable bonds is 3. The van der Waals surface area contributed by atoms with E-state index in [9.17, 15) is 4.79 Å². The first-order valence-electron chi connectivity index (χ1n) is 5.73. The molecule has 5 nitrogen and oxygen atoms in total. The predicted octanol–water partition coefficient (Wildman–Crippen LogP) is 2.26. The zero-order valence-electron chi connectivity index (χ0n) is 9.95. The van der Waals surface area contributed by atoms with E-state index in [4.69, 9.17) is 0 Å². The van der Waals surface area contributed by atoms with Gasteiger partial charge in [0.25, 0.3) is 0 Å². The molecule has 0 aliphatic rings. The van der Waals surface area contributed by atoms with E-state index in [0.29, 0.717) is 12.1 Å². The van der Waals surface area contributed by atoms with Crippen LogP contribution in [-0.2, 0) is 4.79 Å². The Kier molecular flexibility index (Phi) is 2.86. The summed E-state index contributed by atoms with van der Waals surface area (Å²) in [5.41, 5.74) is 3.37. The molecule has 5 heteroatoms. The Labute approximate surface area is 109 Å². The molecule has 0 bridgehead atoms. The third kappa shape index (κ3) is 2.13. The van der Waals surface area contributed by atoms with Crippen LogP contribution in [0.3, 0.4) is 0 Å². The number of para-hydroxylation sites is 1. The van der Waals surface area contributed by atoms with Crippen molar-refractivity contribution in [1.82, 2.24) is 15.0 Å². The van der Waals surface area contributed by atoms with Crippen molar-refractivity contribution in [3.05, 3.63) is 49.2 Å². The highest BCUT2D eigenvalue weighted by Gasteiger charge is 2.05. The number of benzene rings is 1. The molecular weight excluding hydrogens is 240 g/mol. The fourth-order valence-electron chi connectivity index (χ4n) is 1.98. The van der Waals surface area contributed by atoms with Crippen LogP contribution < -0.4 is 5.32 Å². The number of carbonyl (C=O) groups is 1. The van der Waals surface area contributed by atoms with E-state index >= 15 is 0 Å². The highest BCUT2D eigenvalue weighted by molar-refractivity contribution is 5.93. The molecule has 92 valence electrons. The van der Waals surface area contributed by atoms with Gasteiger partial charge in [0, 0.05) is 28.9 Å². The molecule has 3 aromatic rings. The molecule has 0 spiro atoms. The number of anilines is 1. The van der Waals surface area contributed by atoms with E-state index in [-0.39, 0.29) is 0 Å². The second kappa shape index (κ2) is 4.81. The quantitative estimate of drug-likeness (QED) is 0.724. The van der Waals surface area contributed by atoms with Gasteiger partial charge in [0.2, 0.25) is 6.41 Å². The van der Waals surface area contributed by atoms with Gasteiger partial charge in [0.15, 0.2) is 0 Å². The van der Waals surface area contributed by atoms with Gasteiger partial charge in [-0.15, -0.1) is 0 Å². The Morgan fingerprint density at radius 3 is 2.95 bits per heavy atom. The standard InChI is InChI=1S/C14H10N4O/c19-9-18-12-4-11(6-15-7-12)13-3-1-2-10-5-16-8-17-14(10)13/h1-9H,(H,18,19). The molecule has 0 unspecified atom stereocenters. The first-order valence-corrected chi connectivity index (χ1v) is 5.73. The summed E-state index contributed by atoms with van der Waals surface area (Å²) in [5.74, 6) is 0. The number of carbonyl (C=O) groups excluding carboxylic acids is 1. The lowest BCUT2D eigenvalue weighted by Gasteiger charge is -2.06. The van der Waals surface area contributed by atoms with Gasteiger partial charge in [-0.05, 0) is 6.07 Å². The minimum Gasteiger partial charge on any atom is -0.327 e. The molecule has 2 aromatic heterocycles. The van der Waals surface area contributed by atoms with Crippen molar-refractivity contribution in [2.24, 2.45) is 0 Å². The number of pyridine rings is 1. The molecule has 0 saturated carbocycles. The monoisotopic (exact) mass is 250 g/mol.